The molecule has 0 aromatic heterocycles. The van der Waals surface area contributed by atoms with Crippen LogP contribution < -0.4 is 4.74 Å². The maximum atomic E-state index is 12.0. The highest BCUT2D eigenvalue weighted by Crippen LogP contribution is 2.17. The topological polar surface area (TPSA) is 71.1 Å². The third-order valence-corrected chi connectivity index (χ3v) is 6.92. The van der Waals surface area contributed by atoms with Crippen LogP contribution in [0.3, 0.4) is 0 Å². The van der Waals surface area contributed by atoms with E-state index in [0.29, 0.717) is 17.9 Å². The van der Waals surface area contributed by atoms with Crippen LogP contribution in [0.1, 0.15) is 32.3 Å². The minimum Gasteiger partial charge on any atom is -0.490 e. The van der Waals surface area contributed by atoms with Gasteiger partial charge in [-0.25, -0.2) is 9.59 Å². The van der Waals surface area contributed by atoms with Crippen molar-refractivity contribution in [1.29, 1.82) is 0 Å². The quantitative estimate of drug-likeness (QED) is 0.144. The summed E-state index contributed by atoms with van der Waals surface area (Å²) in [5.74, 6) is -0.671. The molecule has 0 bridgehead atoms. The van der Waals surface area contributed by atoms with Crippen molar-refractivity contribution >= 4 is 27.1 Å². The van der Waals surface area contributed by atoms with Crippen LogP contribution in [-0.2, 0) is 23.5 Å². The third kappa shape index (κ3) is 8.25. The predicted molar refractivity (Wildman–Crippen MR) is 114 cm³/mol. The summed E-state index contributed by atoms with van der Waals surface area (Å²) in [6, 6.07) is 9.47. The molecule has 2 rings (SSSR count). The Bertz CT molecular complexity index is 685. The summed E-state index contributed by atoms with van der Waals surface area (Å²) >= 11 is 0. The summed E-state index contributed by atoms with van der Waals surface area (Å²) in [5.41, 5.74) is 0.559. The highest BCUT2D eigenvalue weighted by atomic mass is 28.3. The maximum absolute atomic E-state index is 12.0. The van der Waals surface area contributed by atoms with Crippen molar-refractivity contribution in [3.05, 3.63) is 47.6 Å². The Balaban J connectivity index is 1.89. The molecule has 0 N–H and O–H groups in total. The standard InChI is InChI=1S/C22H30O6Si/c1-3-25-21(23)20(22(24)26-4-2)17-18-9-11-19(12-10-18)27-13-5-7-15-29-16-8-6-14-28-29/h5,7,9-12,17,29H,3-4,6,8,13-16H2,1-2H3/b7-5-. The molecule has 6 nitrogen and oxygen atoms in total. The van der Waals surface area contributed by atoms with E-state index in [1.165, 1.54) is 25.0 Å². The zero-order valence-corrected chi connectivity index (χ0v) is 18.4. The highest BCUT2D eigenvalue weighted by molar-refractivity contribution is 6.52. The molecule has 1 aromatic rings. The summed E-state index contributed by atoms with van der Waals surface area (Å²) in [5, 5.41) is 0. The smallest absolute Gasteiger partial charge is 0.345 e. The van der Waals surface area contributed by atoms with Crippen LogP contribution in [-0.4, -0.2) is 47.4 Å². The van der Waals surface area contributed by atoms with Gasteiger partial charge in [-0.3, -0.25) is 0 Å². The molecule has 1 fully saturated rings. The van der Waals surface area contributed by atoms with Crippen LogP contribution >= 0.6 is 0 Å². The molecule has 1 saturated heterocycles. The van der Waals surface area contributed by atoms with E-state index in [9.17, 15) is 9.59 Å². The van der Waals surface area contributed by atoms with Crippen LogP contribution in [0.5, 0.6) is 5.75 Å². The number of rotatable bonds is 10. The highest BCUT2D eigenvalue weighted by Gasteiger charge is 2.20. The molecule has 0 radical (unpaired) electrons. The van der Waals surface area contributed by atoms with Gasteiger partial charge in [0.2, 0.25) is 0 Å². The lowest BCUT2D eigenvalue weighted by Crippen LogP contribution is -2.22. The molecule has 1 aliphatic heterocycles. The Labute approximate surface area is 174 Å². The summed E-state index contributed by atoms with van der Waals surface area (Å²) < 4.78 is 21.4. The first-order valence-corrected chi connectivity index (χ1v) is 12.3. The van der Waals surface area contributed by atoms with E-state index >= 15 is 0 Å². The van der Waals surface area contributed by atoms with Gasteiger partial charge in [0.05, 0.1) is 13.2 Å². The zero-order chi connectivity index (χ0) is 20.9. The first-order chi connectivity index (χ1) is 14.1. The second kappa shape index (κ2) is 13.0. The van der Waals surface area contributed by atoms with Gasteiger partial charge in [-0.1, -0.05) is 30.7 Å². The molecular weight excluding hydrogens is 388 g/mol. The number of carbonyl (C=O) groups excluding carboxylic acids is 2. The first kappa shape index (κ1) is 22.9. The fourth-order valence-electron chi connectivity index (χ4n) is 2.90. The SMILES string of the molecule is CCOC(=O)C(=Cc1ccc(OC/C=C\C[SiH]2CCCCO2)cc1)C(=O)OCC. The number of allylic oxidation sites excluding steroid dienone is 1. The minimum atomic E-state index is -1.02. The summed E-state index contributed by atoms with van der Waals surface area (Å²) in [4.78, 5) is 24.0. The molecule has 0 aliphatic carbocycles. The van der Waals surface area contributed by atoms with E-state index in [1.54, 1.807) is 38.1 Å². The van der Waals surface area contributed by atoms with E-state index in [1.807, 2.05) is 6.08 Å². The molecule has 1 aliphatic rings. The molecule has 29 heavy (non-hydrogen) atoms. The molecule has 1 atom stereocenters. The van der Waals surface area contributed by atoms with Crippen LogP contribution in [0.15, 0.2) is 42.0 Å². The second-order valence-corrected chi connectivity index (χ2v) is 9.20. The Morgan fingerprint density at radius 3 is 2.31 bits per heavy atom. The van der Waals surface area contributed by atoms with Gasteiger partial charge in [0.15, 0.2) is 9.04 Å². The minimum absolute atomic E-state index is 0.126. The van der Waals surface area contributed by atoms with Crippen LogP contribution in [0, 0.1) is 0 Å². The van der Waals surface area contributed by atoms with Gasteiger partial charge in [-0.2, -0.15) is 0 Å². The van der Waals surface area contributed by atoms with E-state index in [2.05, 4.69) is 6.08 Å². The van der Waals surface area contributed by atoms with Crippen molar-refractivity contribution < 1.29 is 28.2 Å². The maximum Gasteiger partial charge on any atom is 0.345 e. The van der Waals surface area contributed by atoms with Gasteiger partial charge in [0.25, 0.3) is 0 Å². The van der Waals surface area contributed by atoms with Crippen molar-refractivity contribution in [1.82, 2.24) is 0 Å². The largest absolute Gasteiger partial charge is 0.490 e. The fourth-order valence-corrected chi connectivity index (χ4v) is 5.18. The summed E-state index contributed by atoms with van der Waals surface area (Å²) in [7, 11) is -1.02. The van der Waals surface area contributed by atoms with E-state index in [0.717, 1.165) is 12.7 Å². The first-order valence-electron chi connectivity index (χ1n) is 10.2. The van der Waals surface area contributed by atoms with Crippen molar-refractivity contribution in [2.45, 2.75) is 38.8 Å². The Morgan fingerprint density at radius 1 is 1.03 bits per heavy atom. The fraction of sp³-hybridized carbons (Fsp3) is 0.455. The number of ether oxygens (including phenoxy) is 3. The lowest BCUT2D eigenvalue weighted by atomic mass is 10.1. The summed E-state index contributed by atoms with van der Waals surface area (Å²) in [6.45, 7) is 5.16. The zero-order valence-electron chi connectivity index (χ0n) is 17.2. The van der Waals surface area contributed by atoms with Crippen molar-refractivity contribution in [3.63, 3.8) is 0 Å². The second-order valence-electron chi connectivity index (χ2n) is 6.57. The average Bonchev–Trinajstić information content (AvgIpc) is 2.73. The number of benzene rings is 1. The van der Waals surface area contributed by atoms with Gasteiger partial charge >= 0.3 is 11.9 Å². The molecule has 158 valence electrons. The van der Waals surface area contributed by atoms with Crippen LogP contribution in [0.4, 0.5) is 0 Å². The lowest BCUT2D eigenvalue weighted by molar-refractivity contribution is -0.146. The molecule has 1 aromatic carbocycles. The van der Waals surface area contributed by atoms with Crippen molar-refractivity contribution in [2.24, 2.45) is 0 Å². The Kier molecular flexibility index (Phi) is 10.2. The van der Waals surface area contributed by atoms with Crippen molar-refractivity contribution in [3.8, 4) is 5.75 Å². The Hall–Kier alpha value is -2.38. The predicted octanol–water partition coefficient (Wildman–Crippen LogP) is 3.67. The number of hydrogen-bond acceptors (Lipinski definition) is 6. The lowest BCUT2D eigenvalue weighted by Gasteiger charge is -2.19. The number of carbonyl (C=O) groups is 2. The van der Waals surface area contributed by atoms with E-state index < -0.39 is 21.0 Å². The normalized spacial score (nSPS) is 16.3. The van der Waals surface area contributed by atoms with Crippen LogP contribution in [0.2, 0.25) is 12.1 Å². The molecular formula is C22H30O6Si. The number of esters is 2. The molecule has 1 heterocycles. The number of hydrogen-bond donors (Lipinski definition) is 0. The monoisotopic (exact) mass is 418 g/mol. The Morgan fingerprint density at radius 2 is 1.72 bits per heavy atom. The van der Waals surface area contributed by atoms with Gasteiger partial charge in [0, 0.05) is 6.61 Å². The molecule has 1 unspecified atom stereocenters. The van der Waals surface area contributed by atoms with E-state index in [4.69, 9.17) is 18.6 Å². The molecule has 7 heteroatoms. The van der Waals surface area contributed by atoms with Gasteiger partial charge in [-0.05, 0) is 56.1 Å². The van der Waals surface area contributed by atoms with E-state index in [-0.39, 0.29) is 18.8 Å². The third-order valence-electron chi connectivity index (χ3n) is 4.37. The van der Waals surface area contributed by atoms with Gasteiger partial charge in [0.1, 0.15) is 17.9 Å². The molecule has 0 saturated carbocycles. The van der Waals surface area contributed by atoms with Gasteiger partial charge < -0.3 is 18.6 Å². The van der Waals surface area contributed by atoms with Crippen molar-refractivity contribution in [2.75, 3.05) is 26.4 Å². The average molecular weight is 419 g/mol. The molecule has 0 amide bonds. The van der Waals surface area contributed by atoms with Crippen LogP contribution in [0.25, 0.3) is 6.08 Å². The molecule has 0 spiro atoms. The van der Waals surface area contributed by atoms with Gasteiger partial charge in [-0.15, -0.1) is 0 Å². The summed E-state index contributed by atoms with van der Waals surface area (Å²) in [6.07, 6.45) is 8.15.